The van der Waals surface area contributed by atoms with Gasteiger partial charge in [-0.25, -0.2) is 0 Å². The highest BCUT2D eigenvalue weighted by Crippen LogP contribution is 2.29. The molecule has 2 aromatic rings. The Morgan fingerprint density at radius 1 is 1.28 bits per heavy atom. The van der Waals surface area contributed by atoms with E-state index in [9.17, 15) is 9.59 Å². The van der Waals surface area contributed by atoms with Gasteiger partial charge in [-0.3, -0.25) is 9.59 Å². The molecule has 1 aliphatic rings. The molecule has 3 rings (SSSR count). The molecule has 0 radical (unpaired) electrons. The van der Waals surface area contributed by atoms with Gasteiger partial charge >= 0.3 is 0 Å². The summed E-state index contributed by atoms with van der Waals surface area (Å²) in [5, 5.41) is 11.5. The SMILES string of the molecule is CCc1ccccc1N1CC(C(=O)Nc2cccc(OCCCC#N)c2)CC1=O. The van der Waals surface area contributed by atoms with Crippen LogP contribution in [0.15, 0.2) is 48.5 Å². The molecule has 150 valence electrons. The lowest BCUT2D eigenvalue weighted by molar-refractivity contribution is -0.122. The molecule has 6 nitrogen and oxygen atoms in total. The van der Waals surface area contributed by atoms with Crippen molar-refractivity contribution < 1.29 is 14.3 Å². The maximum Gasteiger partial charge on any atom is 0.229 e. The molecule has 1 saturated heterocycles. The summed E-state index contributed by atoms with van der Waals surface area (Å²) < 4.78 is 5.61. The Balaban J connectivity index is 1.62. The quantitative estimate of drug-likeness (QED) is 0.692. The van der Waals surface area contributed by atoms with Crippen LogP contribution in [0.5, 0.6) is 5.75 Å². The van der Waals surface area contributed by atoms with Gasteiger partial charge in [0, 0.05) is 36.8 Å². The molecule has 2 amide bonds. The number of amides is 2. The third-order valence-corrected chi connectivity index (χ3v) is 4.96. The Morgan fingerprint density at radius 3 is 2.90 bits per heavy atom. The molecule has 1 heterocycles. The van der Waals surface area contributed by atoms with Gasteiger partial charge in [0.25, 0.3) is 0 Å². The van der Waals surface area contributed by atoms with E-state index < -0.39 is 5.92 Å². The first kappa shape index (κ1) is 20.4. The molecule has 2 aromatic carbocycles. The summed E-state index contributed by atoms with van der Waals surface area (Å²) in [7, 11) is 0. The van der Waals surface area contributed by atoms with Gasteiger partial charge in [0.1, 0.15) is 5.75 Å². The van der Waals surface area contributed by atoms with Crippen molar-refractivity contribution in [1.82, 2.24) is 0 Å². The Labute approximate surface area is 171 Å². The number of unbranched alkanes of at least 4 members (excludes halogenated alkanes) is 1. The predicted molar refractivity (Wildman–Crippen MR) is 112 cm³/mol. The average molecular weight is 391 g/mol. The van der Waals surface area contributed by atoms with Gasteiger partial charge in [0.15, 0.2) is 0 Å². The Kier molecular flexibility index (Phi) is 6.85. The second-order valence-corrected chi connectivity index (χ2v) is 7.01. The van der Waals surface area contributed by atoms with Crippen LogP contribution >= 0.6 is 0 Å². The number of nitrogens with one attached hydrogen (secondary N) is 1. The van der Waals surface area contributed by atoms with Crippen LogP contribution < -0.4 is 15.0 Å². The summed E-state index contributed by atoms with van der Waals surface area (Å²) in [6.45, 7) is 2.89. The number of para-hydroxylation sites is 1. The largest absolute Gasteiger partial charge is 0.493 e. The molecule has 1 atom stereocenters. The second kappa shape index (κ2) is 9.74. The molecule has 0 saturated carbocycles. The van der Waals surface area contributed by atoms with Crippen molar-refractivity contribution in [1.29, 1.82) is 5.26 Å². The molecule has 1 aliphatic heterocycles. The molecule has 0 aliphatic carbocycles. The number of hydrogen-bond acceptors (Lipinski definition) is 4. The smallest absolute Gasteiger partial charge is 0.229 e. The zero-order chi connectivity index (χ0) is 20.6. The normalized spacial score (nSPS) is 15.8. The van der Waals surface area contributed by atoms with E-state index >= 15 is 0 Å². The molecule has 0 bridgehead atoms. The minimum Gasteiger partial charge on any atom is -0.493 e. The fourth-order valence-electron chi connectivity index (χ4n) is 3.44. The van der Waals surface area contributed by atoms with Crippen LogP contribution in [0, 0.1) is 17.2 Å². The standard InChI is InChI=1S/C23H25N3O3/c1-2-17-8-3-4-11-21(17)26-16-18(14-22(26)27)23(28)25-19-9-7-10-20(15-19)29-13-6-5-12-24/h3-4,7-11,15,18H,2,5-6,13-14,16H2,1H3,(H,25,28). The fourth-order valence-corrected chi connectivity index (χ4v) is 3.44. The third kappa shape index (κ3) is 5.14. The van der Waals surface area contributed by atoms with E-state index in [0.29, 0.717) is 37.4 Å². The minimum atomic E-state index is -0.396. The van der Waals surface area contributed by atoms with Crippen LogP contribution in [-0.2, 0) is 16.0 Å². The van der Waals surface area contributed by atoms with Crippen LogP contribution in [0.3, 0.4) is 0 Å². The number of nitrogens with zero attached hydrogens (tertiary/aromatic N) is 2. The number of carbonyl (C=O) groups excluding carboxylic acids is 2. The zero-order valence-electron chi connectivity index (χ0n) is 16.6. The molecule has 29 heavy (non-hydrogen) atoms. The molecular weight excluding hydrogens is 366 g/mol. The van der Waals surface area contributed by atoms with E-state index in [1.165, 1.54) is 0 Å². The van der Waals surface area contributed by atoms with Crippen molar-refractivity contribution in [3.05, 3.63) is 54.1 Å². The Hall–Kier alpha value is -3.33. The Bertz CT molecular complexity index is 920. The maximum absolute atomic E-state index is 12.7. The minimum absolute atomic E-state index is 0.0272. The summed E-state index contributed by atoms with van der Waals surface area (Å²) in [5.41, 5.74) is 2.62. The van der Waals surface area contributed by atoms with Gasteiger partial charge in [-0.15, -0.1) is 0 Å². The van der Waals surface area contributed by atoms with E-state index in [4.69, 9.17) is 10.00 Å². The van der Waals surface area contributed by atoms with Crippen molar-refractivity contribution in [3.63, 3.8) is 0 Å². The third-order valence-electron chi connectivity index (χ3n) is 4.96. The van der Waals surface area contributed by atoms with E-state index in [-0.39, 0.29) is 18.2 Å². The molecule has 1 N–H and O–H groups in total. The number of rotatable bonds is 8. The van der Waals surface area contributed by atoms with Crippen LogP contribution in [0.1, 0.15) is 31.7 Å². The van der Waals surface area contributed by atoms with Gasteiger partial charge < -0.3 is 15.0 Å². The molecule has 1 unspecified atom stereocenters. The monoisotopic (exact) mass is 391 g/mol. The van der Waals surface area contributed by atoms with Gasteiger partial charge in [0.05, 0.1) is 18.6 Å². The average Bonchev–Trinajstić information content (AvgIpc) is 3.13. The summed E-state index contributed by atoms with van der Waals surface area (Å²) in [5.74, 6) is 0.0476. The topological polar surface area (TPSA) is 82.4 Å². The van der Waals surface area contributed by atoms with E-state index in [1.54, 1.807) is 23.1 Å². The van der Waals surface area contributed by atoms with Crippen molar-refractivity contribution in [3.8, 4) is 11.8 Å². The predicted octanol–water partition coefficient (Wildman–Crippen LogP) is 3.92. The lowest BCUT2D eigenvalue weighted by Gasteiger charge is -2.20. The van der Waals surface area contributed by atoms with Crippen molar-refractivity contribution in [2.24, 2.45) is 5.92 Å². The highest BCUT2D eigenvalue weighted by atomic mass is 16.5. The van der Waals surface area contributed by atoms with Gasteiger partial charge in [-0.2, -0.15) is 5.26 Å². The maximum atomic E-state index is 12.7. The van der Waals surface area contributed by atoms with E-state index in [0.717, 1.165) is 17.7 Å². The van der Waals surface area contributed by atoms with E-state index in [2.05, 4.69) is 18.3 Å². The highest BCUT2D eigenvalue weighted by molar-refractivity contribution is 6.03. The van der Waals surface area contributed by atoms with Gasteiger partial charge in [0.2, 0.25) is 11.8 Å². The number of aryl methyl sites for hydroxylation is 1. The fraction of sp³-hybridized carbons (Fsp3) is 0.348. The molecule has 6 heteroatoms. The lowest BCUT2D eigenvalue weighted by atomic mass is 10.1. The summed E-state index contributed by atoms with van der Waals surface area (Å²) in [6.07, 6.45) is 2.14. The first-order chi connectivity index (χ1) is 14.1. The zero-order valence-corrected chi connectivity index (χ0v) is 16.6. The van der Waals surface area contributed by atoms with Crippen LogP contribution in [0.25, 0.3) is 0 Å². The second-order valence-electron chi connectivity index (χ2n) is 7.01. The van der Waals surface area contributed by atoms with Crippen LogP contribution in [0.2, 0.25) is 0 Å². The summed E-state index contributed by atoms with van der Waals surface area (Å²) in [6, 6.07) is 17.1. The Morgan fingerprint density at radius 2 is 2.10 bits per heavy atom. The summed E-state index contributed by atoms with van der Waals surface area (Å²) >= 11 is 0. The number of nitriles is 1. The highest BCUT2D eigenvalue weighted by Gasteiger charge is 2.35. The van der Waals surface area contributed by atoms with Crippen molar-refractivity contribution in [2.45, 2.75) is 32.6 Å². The molecule has 0 spiro atoms. The van der Waals surface area contributed by atoms with Gasteiger partial charge in [-0.1, -0.05) is 31.2 Å². The van der Waals surface area contributed by atoms with Crippen LogP contribution in [-0.4, -0.2) is 25.0 Å². The van der Waals surface area contributed by atoms with Gasteiger partial charge in [-0.05, 0) is 36.6 Å². The molecule has 0 aromatic heterocycles. The lowest BCUT2D eigenvalue weighted by Crippen LogP contribution is -2.28. The molecule has 1 fully saturated rings. The molecular formula is C23H25N3O3. The van der Waals surface area contributed by atoms with Crippen molar-refractivity contribution in [2.75, 3.05) is 23.4 Å². The van der Waals surface area contributed by atoms with E-state index in [1.807, 2.05) is 30.3 Å². The number of ether oxygens (including phenoxy) is 1. The number of carbonyl (C=O) groups is 2. The first-order valence-corrected chi connectivity index (χ1v) is 9.91. The first-order valence-electron chi connectivity index (χ1n) is 9.91. The number of hydrogen-bond donors (Lipinski definition) is 1. The number of benzene rings is 2. The van der Waals surface area contributed by atoms with Crippen molar-refractivity contribution >= 4 is 23.2 Å². The summed E-state index contributed by atoms with van der Waals surface area (Å²) in [4.78, 5) is 27.0. The van der Waals surface area contributed by atoms with Crippen LogP contribution in [0.4, 0.5) is 11.4 Å². The number of anilines is 2.